The van der Waals surface area contributed by atoms with Crippen molar-refractivity contribution in [2.75, 3.05) is 20.3 Å². The number of likely N-dealkylation sites (tertiary alicyclic amines) is 1. The van der Waals surface area contributed by atoms with Crippen molar-refractivity contribution in [3.05, 3.63) is 29.8 Å². The van der Waals surface area contributed by atoms with E-state index in [-0.39, 0.29) is 18.4 Å². The third-order valence-electron chi connectivity index (χ3n) is 4.92. The molecule has 2 atom stereocenters. The summed E-state index contributed by atoms with van der Waals surface area (Å²) in [4.78, 5) is 39.1. The van der Waals surface area contributed by atoms with E-state index in [9.17, 15) is 14.4 Å². The van der Waals surface area contributed by atoms with Crippen molar-refractivity contribution in [2.24, 2.45) is 5.92 Å². The lowest BCUT2D eigenvalue weighted by Gasteiger charge is -2.40. The number of rotatable bonds is 9. The summed E-state index contributed by atoms with van der Waals surface area (Å²) >= 11 is 0. The molecule has 0 spiro atoms. The Morgan fingerprint density at radius 1 is 1.24 bits per heavy atom. The van der Waals surface area contributed by atoms with Gasteiger partial charge in [0.15, 0.2) is 6.61 Å². The molecule has 2 unspecified atom stereocenters. The van der Waals surface area contributed by atoms with Crippen LogP contribution in [0.25, 0.3) is 0 Å². The summed E-state index contributed by atoms with van der Waals surface area (Å²) in [6, 6.07) is 6.90. The van der Waals surface area contributed by atoms with E-state index in [0.29, 0.717) is 18.7 Å². The summed E-state index contributed by atoms with van der Waals surface area (Å²) in [5.74, 6) is -1.04. The van der Waals surface area contributed by atoms with Gasteiger partial charge in [0.05, 0.1) is 25.2 Å². The molecule has 1 fully saturated rings. The first-order chi connectivity index (χ1) is 13.9. The molecule has 7 nitrogen and oxygen atoms in total. The van der Waals surface area contributed by atoms with Crippen LogP contribution in [0.3, 0.4) is 0 Å². The molecule has 160 valence electrons. The van der Waals surface area contributed by atoms with Crippen LogP contribution in [0.1, 0.15) is 58.1 Å². The fourth-order valence-corrected chi connectivity index (χ4v) is 3.62. The van der Waals surface area contributed by atoms with Crippen molar-refractivity contribution in [1.29, 1.82) is 0 Å². The summed E-state index contributed by atoms with van der Waals surface area (Å²) in [5, 5.41) is 0. The predicted molar refractivity (Wildman–Crippen MR) is 107 cm³/mol. The molecule has 1 amide bonds. The average molecular weight is 405 g/mol. The van der Waals surface area contributed by atoms with Crippen molar-refractivity contribution < 1.29 is 28.6 Å². The number of carbonyl (C=O) groups is 3. The molecule has 0 N–H and O–H groups in total. The Hall–Kier alpha value is -2.57. The summed E-state index contributed by atoms with van der Waals surface area (Å²) < 4.78 is 15.8. The molecule has 0 saturated carbocycles. The summed E-state index contributed by atoms with van der Waals surface area (Å²) in [6.07, 6.45) is 2.12. The molecule has 1 aliphatic heterocycles. The lowest BCUT2D eigenvalue weighted by atomic mass is 9.83. The second-order valence-electron chi connectivity index (χ2n) is 7.42. The normalized spacial score (nSPS) is 19.2. The molecule has 0 bridgehead atoms. The molecule has 7 heteroatoms. The van der Waals surface area contributed by atoms with Crippen LogP contribution in [0, 0.1) is 5.92 Å². The molecule has 1 heterocycles. The molecule has 1 saturated heterocycles. The van der Waals surface area contributed by atoms with Gasteiger partial charge < -0.3 is 19.1 Å². The Morgan fingerprint density at radius 3 is 2.62 bits per heavy atom. The maximum absolute atomic E-state index is 12.9. The molecular formula is C22H31NO6. The zero-order valence-corrected chi connectivity index (χ0v) is 17.7. The first kappa shape index (κ1) is 22.7. The molecule has 1 aliphatic rings. The zero-order valence-electron chi connectivity index (χ0n) is 17.7. The van der Waals surface area contributed by atoms with E-state index in [1.54, 1.807) is 25.9 Å². The van der Waals surface area contributed by atoms with E-state index >= 15 is 0 Å². The van der Waals surface area contributed by atoms with E-state index < -0.39 is 30.5 Å². The molecule has 2 rings (SSSR count). The molecule has 1 aromatic carbocycles. The number of para-hydroxylation sites is 1. The van der Waals surface area contributed by atoms with Crippen LogP contribution in [0.2, 0.25) is 0 Å². The third-order valence-corrected chi connectivity index (χ3v) is 4.92. The first-order valence-electron chi connectivity index (χ1n) is 10.2. The van der Waals surface area contributed by atoms with Gasteiger partial charge in [-0.2, -0.15) is 0 Å². The van der Waals surface area contributed by atoms with Crippen molar-refractivity contribution in [2.45, 2.75) is 58.6 Å². The smallest absolute Gasteiger partial charge is 0.344 e. The van der Waals surface area contributed by atoms with Crippen molar-refractivity contribution in [3.63, 3.8) is 0 Å². The minimum Gasteiger partial charge on any atom is -0.496 e. The quantitative estimate of drug-likeness (QED) is 0.587. The number of amides is 1. The second-order valence-corrected chi connectivity index (χ2v) is 7.42. The van der Waals surface area contributed by atoms with Crippen molar-refractivity contribution in [3.8, 4) is 5.75 Å². The van der Waals surface area contributed by atoms with Crippen LogP contribution < -0.4 is 4.74 Å². The van der Waals surface area contributed by atoms with E-state index in [2.05, 4.69) is 6.92 Å². The SMILES string of the molecule is CCCCN1C(=O)CCC(C(=O)OCC(=O)OC(C)C)C1c1ccccc1OC. The van der Waals surface area contributed by atoms with E-state index in [1.165, 1.54) is 0 Å². The fraction of sp³-hybridized carbons (Fsp3) is 0.591. The second kappa shape index (κ2) is 10.8. The summed E-state index contributed by atoms with van der Waals surface area (Å²) in [5.41, 5.74) is 0.769. The highest BCUT2D eigenvalue weighted by atomic mass is 16.6. The number of ether oxygens (including phenoxy) is 3. The molecule has 0 radical (unpaired) electrons. The van der Waals surface area contributed by atoms with Gasteiger partial charge in [-0.1, -0.05) is 31.5 Å². The predicted octanol–water partition coefficient (Wildman–Crippen LogP) is 3.27. The number of carbonyl (C=O) groups excluding carboxylic acids is 3. The van der Waals surface area contributed by atoms with E-state index in [1.807, 2.05) is 24.3 Å². The first-order valence-corrected chi connectivity index (χ1v) is 10.2. The lowest BCUT2D eigenvalue weighted by molar-refractivity contribution is -0.167. The van der Waals surface area contributed by atoms with Gasteiger partial charge in [-0.05, 0) is 32.8 Å². The molecule has 0 aromatic heterocycles. The number of methoxy groups -OCH3 is 1. The van der Waals surface area contributed by atoms with Crippen molar-refractivity contribution in [1.82, 2.24) is 4.90 Å². The van der Waals surface area contributed by atoms with E-state index in [0.717, 1.165) is 18.4 Å². The van der Waals surface area contributed by atoms with Crippen LogP contribution in [-0.2, 0) is 23.9 Å². The van der Waals surface area contributed by atoms with Gasteiger partial charge in [0.25, 0.3) is 0 Å². The number of unbranched alkanes of at least 4 members (excludes halogenated alkanes) is 1. The topological polar surface area (TPSA) is 82.1 Å². The van der Waals surface area contributed by atoms with Gasteiger partial charge in [-0.15, -0.1) is 0 Å². The fourth-order valence-electron chi connectivity index (χ4n) is 3.62. The standard InChI is InChI=1S/C22H31NO6/c1-5-6-13-23-19(24)12-11-17(22(26)28-14-20(25)29-15(2)3)21(23)16-9-7-8-10-18(16)27-4/h7-10,15,17,21H,5-6,11-14H2,1-4H3. The third kappa shape index (κ3) is 5.95. The number of benzene rings is 1. The van der Waals surface area contributed by atoms with Gasteiger partial charge in [0.2, 0.25) is 5.91 Å². The number of nitrogens with zero attached hydrogens (tertiary/aromatic N) is 1. The minimum absolute atomic E-state index is 0.0117. The lowest BCUT2D eigenvalue weighted by Crippen LogP contribution is -2.46. The van der Waals surface area contributed by atoms with Crippen molar-refractivity contribution >= 4 is 17.8 Å². The van der Waals surface area contributed by atoms with Crippen LogP contribution in [0.4, 0.5) is 0 Å². The maximum Gasteiger partial charge on any atom is 0.344 e. The highest BCUT2D eigenvalue weighted by molar-refractivity contribution is 5.84. The minimum atomic E-state index is -0.586. The Morgan fingerprint density at radius 2 is 1.97 bits per heavy atom. The Bertz CT molecular complexity index is 717. The summed E-state index contributed by atoms with van der Waals surface area (Å²) in [6.45, 7) is 5.64. The Balaban J connectivity index is 2.28. The number of hydrogen-bond donors (Lipinski definition) is 0. The Labute approximate surface area is 172 Å². The van der Waals surface area contributed by atoms with Gasteiger partial charge in [0.1, 0.15) is 5.75 Å². The zero-order chi connectivity index (χ0) is 21.4. The highest BCUT2D eigenvalue weighted by Gasteiger charge is 2.42. The van der Waals surface area contributed by atoms with E-state index in [4.69, 9.17) is 14.2 Å². The molecule has 1 aromatic rings. The molecular weight excluding hydrogens is 374 g/mol. The highest BCUT2D eigenvalue weighted by Crippen LogP contribution is 2.41. The number of esters is 2. The molecule has 29 heavy (non-hydrogen) atoms. The van der Waals surface area contributed by atoms with Crippen LogP contribution in [0.5, 0.6) is 5.75 Å². The number of hydrogen-bond acceptors (Lipinski definition) is 6. The van der Waals surface area contributed by atoms with Crippen LogP contribution >= 0.6 is 0 Å². The number of piperidine rings is 1. The largest absolute Gasteiger partial charge is 0.496 e. The van der Waals surface area contributed by atoms with Crippen LogP contribution in [0.15, 0.2) is 24.3 Å². The van der Waals surface area contributed by atoms with Gasteiger partial charge in [-0.25, -0.2) is 4.79 Å². The maximum atomic E-state index is 12.9. The van der Waals surface area contributed by atoms with Crippen LogP contribution in [-0.4, -0.2) is 49.1 Å². The average Bonchev–Trinajstić information content (AvgIpc) is 2.70. The summed E-state index contributed by atoms with van der Waals surface area (Å²) in [7, 11) is 1.56. The molecule has 0 aliphatic carbocycles. The van der Waals surface area contributed by atoms with Gasteiger partial charge >= 0.3 is 11.9 Å². The Kier molecular flexibility index (Phi) is 8.49. The van der Waals surface area contributed by atoms with Gasteiger partial charge in [-0.3, -0.25) is 9.59 Å². The van der Waals surface area contributed by atoms with Gasteiger partial charge in [0, 0.05) is 18.5 Å². The monoisotopic (exact) mass is 405 g/mol.